The highest BCUT2D eigenvalue weighted by molar-refractivity contribution is 6.31. The van der Waals surface area contributed by atoms with Crippen LogP contribution in [0.2, 0.25) is 5.02 Å². The second kappa shape index (κ2) is 12.4. The predicted molar refractivity (Wildman–Crippen MR) is 143 cm³/mol. The Kier molecular flexibility index (Phi) is 9.05. The van der Waals surface area contributed by atoms with Gasteiger partial charge >= 0.3 is 5.97 Å². The van der Waals surface area contributed by atoms with E-state index in [0.717, 1.165) is 22.4 Å². The maximum absolute atomic E-state index is 13.0. The summed E-state index contributed by atoms with van der Waals surface area (Å²) in [5, 5.41) is 11.2. The van der Waals surface area contributed by atoms with E-state index in [9.17, 15) is 14.7 Å². The number of ketones is 1. The van der Waals surface area contributed by atoms with Crippen LogP contribution in [0.1, 0.15) is 47.0 Å². The van der Waals surface area contributed by atoms with Crippen LogP contribution in [0.25, 0.3) is 0 Å². The number of hydrogen-bond acceptors (Lipinski definition) is 7. The van der Waals surface area contributed by atoms with Gasteiger partial charge < -0.3 is 24.1 Å². The summed E-state index contributed by atoms with van der Waals surface area (Å²) in [5.41, 5.74) is 3.09. The molecule has 3 aromatic carbocycles. The third-order valence-corrected chi connectivity index (χ3v) is 6.93. The van der Waals surface area contributed by atoms with Gasteiger partial charge in [0.05, 0.1) is 25.4 Å². The van der Waals surface area contributed by atoms with E-state index in [2.05, 4.69) is 0 Å². The molecule has 8 heteroatoms. The average Bonchev–Trinajstić information content (AvgIpc) is 2.93. The fourth-order valence-electron chi connectivity index (χ4n) is 4.49. The minimum Gasteiger partial charge on any atom is -0.494 e. The highest BCUT2D eigenvalue weighted by atomic mass is 35.5. The zero-order chi connectivity index (χ0) is 27.2. The van der Waals surface area contributed by atoms with Crippen molar-refractivity contribution < 1.29 is 33.6 Å². The van der Waals surface area contributed by atoms with Crippen molar-refractivity contribution in [3.63, 3.8) is 0 Å². The summed E-state index contributed by atoms with van der Waals surface area (Å²) >= 11 is 6.52. The van der Waals surface area contributed by atoms with Crippen LogP contribution in [0.15, 0.2) is 66.7 Å². The number of Topliss-reactive ketones (excluding diaryl/α,β-unsaturated/α-hetero) is 1. The lowest BCUT2D eigenvalue weighted by molar-refractivity contribution is -0.174. The smallest absolute Gasteiger partial charge is 0.337 e. The van der Waals surface area contributed by atoms with E-state index in [0.29, 0.717) is 29.4 Å². The van der Waals surface area contributed by atoms with E-state index < -0.39 is 30.2 Å². The largest absolute Gasteiger partial charge is 0.494 e. The third kappa shape index (κ3) is 6.35. The Bertz CT molecular complexity index is 1270. The van der Waals surface area contributed by atoms with Gasteiger partial charge in [0.15, 0.2) is 5.78 Å². The van der Waals surface area contributed by atoms with Gasteiger partial charge in [-0.3, -0.25) is 4.79 Å². The molecule has 7 nitrogen and oxygen atoms in total. The molecule has 1 heterocycles. The van der Waals surface area contributed by atoms with Crippen molar-refractivity contribution in [1.29, 1.82) is 0 Å². The quantitative estimate of drug-likeness (QED) is 0.374. The average molecular weight is 539 g/mol. The highest BCUT2D eigenvalue weighted by Gasteiger charge is 2.43. The van der Waals surface area contributed by atoms with E-state index >= 15 is 0 Å². The molecule has 200 valence electrons. The highest BCUT2D eigenvalue weighted by Crippen LogP contribution is 2.36. The SMILES string of the molecule is CCOc1ccc(Cc2cc(C3OC(COc4cccc(C(=O)OC)c4)C(O)C(=O)C3C)ccc2Cl)cc1. The monoisotopic (exact) mass is 538 g/mol. The Labute approximate surface area is 227 Å². The topological polar surface area (TPSA) is 91.3 Å². The molecule has 0 aliphatic carbocycles. The van der Waals surface area contributed by atoms with Crippen molar-refractivity contribution in [2.24, 2.45) is 5.92 Å². The fraction of sp³-hybridized carbons (Fsp3) is 0.333. The van der Waals surface area contributed by atoms with Crippen LogP contribution in [0.3, 0.4) is 0 Å². The summed E-state index contributed by atoms with van der Waals surface area (Å²) in [6, 6.07) is 19.9. The normalized spacial score (nSPS) is 21.1. The van der Waals surface area contributed by atoms with Gasteiger partial charge in [0.2, 0.25) is 0 Å². The van der Waals surface area contributed by atoms with E-state index in [1.165, 1.54) is 13.2 Å². The van der Waals surface area contributed by atoms with Crippen molar-refractivity contribution in [3.8, 4) is 11.5 Å². The number of benzene rings is 3. The molecule has 0 saturated carbocycles. The van der Waals surface area contributed by atoms with Gasteiger partial charge in [-0.25, -0.2) is 4.79 Å². The molecule has 3 aromatic rings. The first-order valence-electron chi connectivity index (χ1n) is 12.5. The number of aliphatic hydroxyl groups is 1. The zero-order valence-corrected chi connectivity index (χ0v) is 22.3. The second-order valence-electron chi connectivity index (χ2n) is 9.17. The summed E-state index contributed by atoms with van der Waals surface area (Å²) in [5.74, 6) is -0.167. The van der Waals surface area contributed by atoms with Crippen molar-refractivity contribution in [2.75, 3.05) is 20.3 Å². The Morgan fingerprint density at radius 2 is 1.79 bits per heavy atom. The van der Waals surface area contributed by atoms with Crippen LogP contribution in [0, 0.1) is 5.92 Å². The van der Waals surface area contributed by atoms with Crippen molar-refractivity contribution in [3.05, 3.63) is 94.0 Å². The van der Waals surface area contributed by atoms with Crippen LogP contribution >= 0.6 is 11.6 Å². The van der Waals surface area contributed by atoms with Crippen LogP contribution in [0.4, 0.5) is 0 Å². The lowest BCUT2D eigenvalue weighted by atomic mass is 9.85. The molecule has 0 spiro atoms. The summed E-state index contributed by atoms with van der Waals surface area (Å²) < 4.78 is 22.3. The molecular formula is C30H31ClO7. The standard InChI is InChI=1S/C30H31ClO7/c1-4-36-23-11-8-19(9-12-23)14-22-15-20(10-13-25(22)31)29-18(2)27(32)28(33)26(38-29)17-37-24-7-5-6-21(16-24)30(34)35-3/h5-13,15-16,18,26,28-29,33H,4,14,17H2,1-3H3. The number of hydrogen-bond donors (Lipinski definition) is 1. The molecule has 4 rings (SSSR count). The molecule has 4 unspecified atom stereocenters. The number of carbonyl (C=O) groups excluding carboxylic acids is 2. The number of aliphatic hydroxyl groups excluding tert-OH is 1. The minimum atomic E-state index is -1.33. The predicted octanol–water partition coefficient (Wildman–Crippen LogP) is 5.20. The summed E-state index contributed by atoms with van der Waals surface area (Å²) in [6.45, 7) is 4.21. The molecule has 0 radical (unpaired) electrons. The van der Waals surface area contributed by atoms with Gasteiger partial charge in [0.25, 0.3) is 0 Å². The van der Waals surface area contributed by atoms with Crippen LogP contribution in [-0.4, -0.2) is 49.4 Å². The van der Waals surface area contributed by atoms with Gasteiger partial charge in [0, 0.05) is 10.9 Å². The van der Waals surface area contributed by atoms with Gasteiger partial charge in [-0.2, -0.15) is 0 Å². The molecule has 1 fully saturated rings. The van der Waals surface area contributed by atoms with E-state index in [1.54, 1.807) is 31.2 Å². The van der Waals surface area contributed by atoms with Crippen molar-refractivity contribution >= 4 is 23.4 Å². The summed E-state index contributed by atoms with van der Waals surface area (Å²) in [6.07, 6.45) is -2.21. The lowest BCUT2D eigenvalue weighted by Crippen LogP contribution is -2.49. The Morgan fingerprint density at radius 3 is 2.50 bits per heavy atom. The van der Waals surface area contributed by atoms with Crippen molar-refractivity contribution in [1.82, 2.24) is 0 Å². The molecular weight excluding hydrogens is 508 g/mol. The number of halogens is 1. The molecule has 1 aliphatic rings. The van der Waals surface area contributed by atoms with Crippen LogP contribution in [0.5, 0.6) is 11.5 Å². The number of methoxy groups -OCH3 is 1. The van der Waals surface area contributed by atoms with Gasteiger partial charge in [-0.15, -0.1) is 0 Å². The van der Waals surface area contributed by atoms with E-state index in [-0.39, 0.29) is 12.4 Å². The van der Waals surface area contributed by atoms with Gasteiger partial charge in [0.1, 0.15) is 30.3 Å². The molecule has 1 saturated heterocycles. The number of ether oxygens (including phenoxy) is 4. The minimum absolute atomic E-state index is 0.0760. The summed E-state index contributed by atoms with van der Waals surface area (Å²) in [4.78, 5) is 24.8. The first-order valence-corrected chi connectivity index (χ1v) is 12.9. The lowest BCUT2D eigenvalue weighted by Gasteiger charge is -2.37. The van der Waals surface area contributed by atoms with Crippen molar-refractivity contribution in [2.45, 2.75) is 38.6 Å². The Morgan fingerprint density at radius 1 is 1.03 bits per heavy atom. The Hall–Kier alpha value is -3.39. The fourth-order valence-corrected chi connectivity index (χ4v) is 4.67. The number of carbonyl (C=O) groups is 2. The molecule has 38 heavy (non-hydrogen) atoms. The third-order valence-electron chi connectivity index (χ3n) is 6.56. The molecule has 0 bridgehead atoms. The molecule has 4 atom stereocenters. The van der Waals surface area contributed by atoms with E-state index in [4.69, 9.17) is 30.5 Å². The van der Waals surface area contributed by atoms with Gasteiger partial charge in [-0.05, 0) is 66.4 Å². The maximum Gasteiger partial charge on any atom is 0.337 e. The second-order valence-corrected chi connectivity index (χ2v) is 9.57. The summed E-state index contributed by atoms with van der Waals surface area (Å²) in [7, 11) is 1.30. The first-order chi connectivity index (χ1) is 18.3. The zero-order valence-electron chi connectivity index (χ0n) is 21.6. The molecule has 0 aromatic heterocycles. The molecule has 1 N–H and O–H groups in total. The Balaban J connectivity index is 1.50. The number of rotatable bonds is 9. The van der Waals surface area contributed by atoms with Crippen LogP contribution in [-0.2, 0) is 20.7 Å². The van der Waals surface area contributed by atoms with E-state index in [1.807, 2.05) is 43.3 Å². The number of esters is 1. The van der Waals surface area contributed by atoms with Gasteiger partial charge in [-0.1, -0.05) is 48.9 Å². The molecule has 1 aliphatic heterocycles. The maximum atomic E-state index is 13.0. The first kappa shape index (κ1) is 27.6. The molecule has 0 amide bonds. The van der Waals surface area contributed by atoms with Crippen LogP contribution < -0.4 is 9.47 Å².